The van der Waals surface area contributed by atoms with Crippen LogP contribution in [-0.4, -0.2) is 25.0 Å². The Morgan fingerprint density at radius 1 is 0.870 bits per heavy atom. The molecule has 1 rings (SSSR count). The Kier molecular flexibility index (Phi) is 13.3. The van der Waals surface area contributed by atoms with Crippen molar-refractivity contribution in [1.82, 2.24) is 5.48 Å². The number of nitrogens with zero attached hydrogens (tertiary/aromatic N) is 1. The molecule has 0 aliphatic carbocycles. The van der Waals surface area contributed by atoms with E-state index in [1.54, 1.807) is 0 Å². The first-order valence-electron chi connectivity index (χ1n) is 10.0. The summed E-state index contributed by atoms with van der Waals surface area (Å²) in [5, 5.41) is 0. The molecule has 0 unspecified atom stereocenters. The first kappa shape index (κ1) is 20.4. The second kappa shape index (κ2) is 14.9. The van der Waals surface area contributed by atoms with Gasteiger partial charge in [0.15, 0.2) is 0 Å². The van der Waals surface area contributed by atoms with E-state index in [2.05, 4.69) is 17.4 Å². The van der Waals surface area contributed by atoms with Gasteiger partial charge < -0.3 is 5.73 Å². The number of rotatable bonds is 15. The Morgan fingerprint density at radius 3 is 1.78 bits per heavy atom. The summed E-state index contributed by atoms with van der Waals surface area (Å²) in [5.74, 6) is 0.819. The zero-order valence-corrected chi connectivity index (χ0v) is 15.3. The van der Waals surface area contributed by atoms with Crippen molar-refractivity contribution in [3.63, 3.8) is 0 Å². The van der Waals surface area contributed by atoms with Crippen molar-refractivity contribution in [2.24, 2.45) is 10.7 Å². The van der Waals surface area contributed by atoms with Crippen LogP contribution in [0.2, 0.25) is 0 Å². The van der Waals surface area contributed by atoms with Crippen LogP contribution in [0.1, 0.15) is 96.8 Å². The molecule has 0 aromatic heterocycles. The van der Waals surface area contributed by atoms with Crippen LogP contribution in [-0.2, 0) is 4.84 Å². The molecule has 1 saturated heterocycles. The van der Waals surface area contributed by atoms with E-state index in [1.165, 1.54) is 83.5 Å². The normalized spacial score (nSPS) is 19.4. The van der Waals surface area contributed by atoms with Crippen LogP contribution >= 0.6 is 0 Å². The highest BCUT2D eigenvalue weighted by Crippen LogP contribution is 2.12. The van der Waals surface area contributed by atoms with Gasteiger partial charge in [-0.15, -0.1) is 0 Å². The van der Waals surface area contributed by atoms with E-state index in [0.717, 1.165) is 18.8 Å². The molecule has 0 aromatic carbocycles. The van der Waals surface area contributed by atoms with Gasteiger partial charge >= 0.3 is 0 Å². The minimum absolute atomic E-state index is 0.0540. The summed E-state index contributed by atoms with van der Waals surface area (Å²) in [7, 11) is 0. The molecule has 1 heterocycles. The van der Waals surface area contributed by atoms with E-state index >= 15 is 0 Å². The van der Waals surface area contributed by atoms with Gasteiger partial charge in [-0.1, -0.05) is 90.4 Å². The molecule has 1 aliphatic heterocycles. The molecule has 0 spiro atoms. The van der Waals surface area contributed by atoms with Gasteiger partial charge in [-0.2, -0.15) is 0 Å². The molecule has 0 saturated carbocycles. The summed E-state index contributed by atoms with van der Waals surface area (Å²) in [6.45, 7) is 3.69. The van der Waals surface area contributed by atoms with Crippen LogP contribution in [0.5, 0.6) is 0 Å². The number of hydrogen-bond acceptors (Lipinski definition) is 3. The molecule has 1 atom stereocenters. The van der Waals surface area contributed by atoms with Gasteiger partial charge in [-0.05, 0) is 6.42 Å². The van der Waals surface area contributed by atoms with Crippen LogP contribution in [0.3, 0.4) is 0 Å². The van der Waals surface area contributed by atoms with Crippen LogP contribution < -0.4 is 11.2 Å². The average Bonchev–Trinajstić information content (AvgIpc) is 2.96. The van der Waals surface area contributed by atoms with Crippen molar-refractivity contribution in [1.29, 1.82) is 0 Å². The van der Waals surface area contributed by atoms with E-state index in [4.69, 9.17) is 10.6 Å². The fourth-order valence-electron chi connectivity index (χ4n) is 3.02. The fraction of sp³-hybridized carbons (Fsp3) is 0.947. The van der Waals surface area contributed by atoms with Gasteiger partial charge in [-0.3, -0.25) is 15.3 Å². The number of aliphatic imine (C=N–C) groups is 1. The Morgan fingerprint density at radius 2 is 1.35 bits per heavy atom. The van der Waals surface area contributed by atoms with Crippen LogP contribution in [0, 0.1) is 0 Å². The molecule has 136 valence electrons. The monoisotopic (exact) mass is 325 g/mol. The second-order valence-corrected chi connectivity index (χ2v) is 6.88. The number of hydrogen-bond donors (Lipinski definition) is 2. The highest BCUT2D eigenvalue weighted by molar-refractivity contribution is 5.87. The maximum absolute atomic E-state index is 5.82. The number of nitrogens with two attached hydrogens (primary N) is 1. The van der Waals surface area contributed by atoms with E-state index in [1.807, 2.05) is 0 Å². The zero-order valence-electron chi connectivity index (χ0n) is 15.3. The first-order valence-corrected chi connectivity index (χ1v) is 10.0. The minimum atomic E-state index is -0.0540. The highest BCUT2D eigenvalue weighted by Gasteiger charge is 2.17. The molecule has 1 fully saturated rings. The van der Waals surface area contributed by atoms with Crippen molar-refractivity contribution in [3.8, 4) is 0 Å². The summed E-state index contributed by atoms with van der Waals surface area (Å²) < 4.78 is 0. The predicted molar refractivity (Wildman–Crippen MR) is 99.7 cm³/mol. The summed E-state index contributed by atoms with van der Waals surface area (Å²) in [6, 6.07) is -0.0540. The smallest absolute Gasteiger partial charge is 0.140 e. The summed E-state index contributed by atoms with van der Waals surface area (Å²) >= 11 is 0. The Labute approximate surface area is 143 Å². The van der Waals surface area contributed by atoms with Crippen molar-refractivity contribution in [3.05, 3.63) is 0 Å². The van der Waals surface area contributed by atoms with Crippen molar-refractivity contribution >= 4 is 5.84 Å². The van der Waals surface area contributed by atoms with Gasteiger partial charge in [-0.25, -0.2) is 0 Å². The molecule has 0 aromatic rings. The highest BCUT2D eigenvalue weighted by atomic mass is 16.7. The lowest BCUT2D eigenvalue weighted by Gasteiger charge is -2.03. The molecular formula is C19H39N3O. The molecule has 23 heavy (non-hydrogen) atoms. The first-order chi connectivity index (χ1) is 11.3. The van der Waals surface area contributed by atoms with Crippen LogP contribution in [0.15, 0.2) is 4.99 Å². The molecule has 0 amide bonds. The van der Waals surface area contributed by atoms with E-state index in [0.29, 0.717) is 6.61 Å². The molecule has 4 heteroatoms. The number of hydroxylamine groups is 1. The molecule has 0 radical (unpaired) electrons. The van der Waals surface area contributed by atoms with Gasteiger partial charge in [0.05, 0.1) is 12.6 Å². The summed E-state index contributed by atoms with van der Waals surface area (Å²) in [6.07, 6.45) is 19.4. The topological polar surface area (TPSA) is 59.6 Å². The third kappa shape index (κ3) is 11.5. The van der Waals surface area contributed by atoms with Crippen molar-refractivity contribution in [2.45, 2.75) is 103 Å². The largest absolute Gasteiger partial charge is 0.319 e. The van der Waals surface area contributed by atoms with Crippen molar-refractivity contribution < 1.29 is 4.84 Å². The summed E-state index contributed by atoms with van der Waals surface area (Å²) in [5.41, 5.74) is 8.60. The Bertz CT molecular complexity index is 294. The SMILES string of the molecule is CCCCCCCCCCCCCCCCN=C1NOC[C@H]1N. The Balaban J connectivity index is 1.73. The lowest BCUT2D eigenvalue weighted by molar-refractivity contribution is 0.118. The lowest BCUT2D eigenvalue weighted by atomic mass is 10.0. The lowest BCUT2D eigenvalue weighted by Crippen LogP contribution is -2.32. The van der Waals surface area contributed by atoms with Crippen LogP contribution in [0.25, 0.3) is 0 Å². The molecule has 3 N–H and O–H groups in total. The molecule has 1 aliphatic rings. The third-order valence-electron chi connectivity index (χ3n) is 4.58. The van der Waals surface area contributed by atoms with Gasteiger partial charge in [0.1, 0.15) is 5.84 Å². The summed E-state index contributed by atoms with van der Waals surface area (Å²) in [4.78, 5) is 9.49. The van der Waals surface area contributed by atoms with E-state index < -0.39 is 0 Å². The number of nitrogens with one attached hydrogen (secondary N) is 1. The standard InChI is InChI=1S/C19H39N3O/c1-2-3-4-5-6-7-8-9-10-11-12-13-14-15-16-21-19-18(20)17-23-22-19/h18H,2-17,20H2,1H3,(H,21,22)/t18-/m1/s1. The molecule has 0 bridgehead atoms. The van der Waals surface area contributed by atoms with E-state index in [-0.39, 0.29) is 6.04 Å². The molecule has 4 nitrogen and oxygen atoms in total. The predicted octanol–water partition coefficient (Wildman–Crippen LogP) is 4.73. The van der Waals surface area contributed by atoms with E-state index in [9.17, 15) is 0 Å². The Hall–Kier alpha value is -0.610. The van der Waals surface area contributed by atoms with Gasteiger partial charge in [0.25, 0.3) is 0 Å². The molecular weight excluding hydrogens is 286 g/mol. The van der Waals surface area contributed by atoms with Crippen LogP contribution in [0.4, 0.5) is 0 Å². The average molecular weight is 326 g/mol. The van der Waals surface area contributed by atoms with Gasteiger partial charge in [0.2, 0.25) is 0 Å². The maximum Gasteiger partial charge on any atom is 0.140 e. The number of unbranched alkanes of at least 4 members (excludes halogenated alkanes) is 13. The number of amidine groups is 1. The third-order valence-corrected chi connectivity index (χ3v) is 4.58. The quantitative estimate of drug-likeness (QED) is 0.428. The fourth-order valence-corrected chi connectivity index (χ4v) is 3.02. The zero-order chi connectivity index (χ0) is 16.6. The van der Waals surface area contributed by atoms with Crippen molar-refractivity contribution in [2.75, 3.05) is 13.2 Å². The van der Waals surface area contributed by atoms with Gasteiger partial charge in [0, 0.05) is 6.54 Å². The second-order valence-electron chi connectivity index (χ2n) is 6.88. The minimum Gasteiger partial charge on any atom is -0.319 e. The maximum atomic E-state index is 5.82.